The summed E-state index contributed by atoms with van der Waals surface area (Å²) in [4.78, 5) is 7.93. The molecule has 0 bridgehead atoms. The summed E-state index contributed by atoms with van der Waals surface area (Å²) in [6.07, 6.45) is 2.74. The van der Waals surface area contributed by atoms with Crippen LogP contribution in [0.25, 0.3) is 4.96 Å². The second kappa shape index (κ2) is 7.16. The first-order chi connectivity index (χ1) is 13.0. The molecule has 0 saturated carbocycles. The number of benzene rings is 1. The van der Waals surface area contributed by atoms with Crippen molar-refractivity contribution in [3.8, 4) is 5.88 Å². The number of hydrogen-bond acceptors (Lipinski definition) is 5. The minimum atomic E-state index is -0.880. The van der Waals surface area contributed by atoms with Crippen LogP contribution in [0.4, 0.5) is 8.78 Å². The van der Waals surface area contributed by atoms with Gasteiger partial charge in [-0.25, -0.2) is 13.8 Å². The quantitative estimate of drug-likeness (QED) is 0.724. The van der Waals surface area contributed by atoms with Gasteiger partial charge in [0, 0.05) is 6.42 Å². The summed E-state index contributed by atoms with van der Waals surface area (Å²) >= 11 is 1.35. The van der Waals surface area contributed by atoms with Gasteiger partial charge in [0.1, 0.15) is 0 Å². The third-order valence-electron chi connectivity index (χ3n) is 5.25. The highest BCUT2D eigenvalue weighted by Gasteiger charge is 2.32. The smallest absolute Gasteiger partial charge is 0.230 e. The molecule has 144 valence electrons. The zero-order valence-corrected chi connectivity index (χ0v) is 16.1. The van der Waals surface area contributed by atoms with Gasteiger partial charge in [-0.05, 0) is 49.5 Å². The largest absolute Gasteiger partial charge is 0.492 e. The fourth-order valence-corrected chi connectivity index (χ4v) is 4.75. The van der Waals surface area contributed by atoms with Crippen LogP contribution in [0, 0.1) is 17.6 Å². The topological polar surface area (TPSA) is 53.7 Å². The van der Waals surface area contributed by atoms with Crippen LogP contribution in [-0.2, 0) is 6.42 Å². The summed E-state index contributed by atoms with van der Waals surface area (Å²) in [5.41, 5.74) is 0.624. The summed E-state index contributed by atoms with van der Waals surface area (Å²) in [7, 11) is 0. The Kier molecular flexibility index (Phi) is 4.86. The minimum Gasteiger partial charge on any atom is -0.492 e. The van der Waals surface area contributed by atoms with Crippen LogP contribution in [0.3, 0.4) is 0 Å². The number of halogens is 2. The number of likely N-dealkylation sites (tertiary alicyclic amines) is 1. The number of aromatic hydroxyl groups is 1. The predicted octanol–water partition coefficient (Wildman–Crippen LogP) is 4.16. The highest BCUT2D eigenvalue weighted by molar-refractivity contribution is 7.17. The van der Waals surface area contributed by atoms with Crippen LogP contribution in [0.5, 0.6) is 5.88 Å². The number of hydrogen-bond donors (Lipinski definition) is 1. The van der Waals surface area contributed by atoms with Crippen molar-refractivity contribution in [3.63, 3.8) is 0 Å². The van der Waals surface area contributed by atoms with Crippen molar-refractivity contribution >= 4 is 16.3 Å². The second-order valence-electron chi connectivity index (χ2n) is 7.16. The van der Waals surface area contributed by atoms with Crippen molar-refractivity contribution in [1.82, 2.24) is 19.5 Å². The Bertz CT molecular complexity index is 962. The monoisotopic (exact) mass is 392 g/mol. The van der Waals surface area contributed by atoms with Crippen LogP contribution in [-0.4, -0.2) is 37.7 Å². The Morgan fingerprint density at radius 3 is 2.63 bits per heavy atom. The molecule has 2 aromatic heterocycles. The maximum Gasteiger partial charge on any atom is 0.230 e. The number of fused-ring (bicyclic) bond motifs is 1. The first-order valence-corrected chi connectivity index (χ1v) is 10.1. The maximum atomic E-state index is 13.9. The van der Waals surface area contributed by atoms with Crippen LogP contribution in [0.15, 0.2) is 18.2 Å². The first-order valence-electron chi connectivity index (χ1n) is 9.24. The highest BCUT2D eigenvalue weighted by atomic mass is 32.1. The van der Waals surface area contributed by atoms with Crippen LogP contribution >= 0.6 is 11.3 Å². The molecule has 27 heavy (non-hydrogen) atoms. The van der Waals surface area contributed by atoms with Crippen LogP contribution in [0.2, 0.25) is 0 Å². The molecule has 3 aromatic rings. The molecule has 1 fully saturated rings. The number of nitrogens with zero attached hydrogens (tertiary/aromatic N) is 4. The molecule has 4 rings (SSSR count). The zero-order chi connectivity index (χ0) is 19.1. The molecule has 0 unspecified atom stereocenters. The Labute approximate surface area is 160 Å². The van der Waals surface area contributed by atoms with Gasteiger partial charge in [-0.2, -0.15) is 4.52 Å². The summed E-state index contributed by atoms with van der Waals surface area (Å²) < 4.78 is 28.9. The molecular weight excluding hydrogens is 370 g/mol. The maximum absolute atomic E-state index is 13.9. The molecule has 1 N–H and O–H groups in total. The first kappa shape index (κ1) is 18.3. The Hall–Kier alpha value is -2.06. The number of aromatic nitrogens is 3. The molecule has 1 aliphatic heterocycles. The van der Waals surface area contributed by atoms with E-state index >= 15 is 0 Å². The van der Waals surface area contributed by atoms with Crippen LogP contribution in [0.1, 0.15) is 49.0 Å². The van der Waals surface area contributed by atoms with E-state index in [1.54, 1.807) is 6.07 Å². The number of rotatable bonds is 4. The van der Waals surface area contributed by atoms with Crippen molar-refractivity contribution in [2.45, 2.75) is 39.2 Å². The van der Waals surface area contributed by atoms with Gasteiger partial charge in [-0.3, -0.25) is 4.90 Å². The van der Waals surface area contributed by atoms with E-state index in [9.17, 15) is 13.9 Å². The van der Waals surface area contributed by atoms with Crippen molar-refractivity contribution in [3.05, 3.63) is 46.1 Å². The van der Waals surface area contributed by atoms with E-state index in [0.29, 0.717) is 33.6 Å². The molecule has 0 amide bonds. The van der Waals surface area contributed by atoms with E-state index in [0.717, 1.165) is 32.0 Å². The summed E-state index contributed by atoms with van der Waals surface area (Å²) in [6.45, 7) is 5.84. The fraction of sp³-hybridized carbons (Fsp3) is 0.474. The van der Waals surface area contributed by atoms with Gasteiger partial charge in [0.15, 0.2) is 17.5 Å². The standard InChI is InChI=1S/C19H22F2N4OS/c1-3-15-22-19-25(23-15)18(26)17(27-19)16(24-8-6-11(2)7-9-24)12-4-5-13(20)14(21)10-12/h4-5,10-11,16,26H,3,6-9H2,1-2H3/t16-/m1/s1. The molecular formula is C19H22F2N4OS. The number of aryl methyl sites for hydroxylation is 1. The molecule has 1 aromatic carbocycles. The molecule has 3 heterocycles. The second-order valence-corrected chi connectivity index (χ2v) is 8.17. The van der Waals surface area contributed by atoms with E-state index < -0.39 is 11.6 Å². The van der Waals surface area contributed by atoms with Gasteiger partial charge >= 0.3 is 0 Å². The van der Waals surface area contributed by atoms with E-state index in [-0.39, 0.29) is 11.9 Å². The Morgan fingerprint density at radius 1 is 1.26 bits per heavy atom. The van der Waals surface area contributed by atoms with Crippen molar-refractivity contribution in [2.75, 3.05) is 13.1 Å². The van der Waals surface area contributed by atoms with Gasteiger partial charge in [-0.1, -0.05) is 31.3 Å². The van der Waals surface area contributed by atoms with Gasteiger partial charge in [0.2, 0.25) is 10.8 Å². The van der Waals surface area contributed by atoms with E-state index in [2.05, 4.69) is 21.9 Å². The van der Waals surface area contributed by atoms with Crippen molar-refractivity contribution in [1.29, 1.82) is 0 Å². The Balaban J connectivity index is 1.80. The molecule has 5 nitrogen and oxygen atoms in total. The third kappa shape index (κ3) is 3.32. The molecule has 1 saturated heterocycles. The molecule has 8 heteroatoms. The fourth-order valence-electron chi connectivity index (χ4n) is 3.62. The summed E-state index contributed by atoms with van der Waals surface area (Å²) in [5.74, 6) is -0.427. The van der Waals surface area contributed by atoms with Crippen molar-refractivity contribution < 1.29 is 13.9 Å². The highest BCUT2D eigenvalue weighted by Crippen LogP contribution is 2.41. The molecule has 0 aliphatic carbocycles. The lowest BCUT2D eigenvalue weighted by atomic mass is 9.95. The third-order valence-corrected chi connectivity index (χ3v) is 6.32. The van der Waals surface area contributed by atoms with Gasteiger partial charge in [0.05, 0.1) is 10.9 Å². The van der Waals surface area contributed by atoms with E-state index in [1.165, 1.54) is 21.9 Å². The van der Waals surface area contributed by atoms with Gasteiger partial charge in [-0.15, -0.1) is 5.10 Å². The average Bonchev–Trinajstić information content (AvgIpc) is 3.19. The van der Waals surface area contributed by atoms with Gasteiger partial charge < -0.3 is 5.11 Å². The summed E-state index contributed by atoms with van der Waals surface area (Å²) in [5, 5.41) is 15.1. The molecule has 1 aliphatic rings. The van der Waals surface area contributed by atoms with Crippen molar-refractivity contribution in [2.24, 2.45) is 5.92 Å². The van der Waals surface area contributed by atoms with Gasteiger partial charge in [0.25, 0.3) is 0 Å². The van der Waals surface area contributed by atoms with Crippen LogP contribution < -0.4 is 0 Å². The van der Waals surface area contributed by atoms with E-state index in [1.807, 2.05) is 6.92 Å². The minimum absolute atomic E-state index is 0.0237. The lowest BCUT2D eigenvalue weighted by Crippen LogP contribution is -2.36. The predicted molar refractivity (Wildman–Crippen MR) is 100 cm³/mol. The number of thiazole rings is 1. The molecule has 0 radical (unpaired) electrons. The normalized spacial score (nSPS) is 17.6. The molecule has 1 atom stereocenters. The summed E-state index contributed by atoms with van der Waals surface area (Å²) in [6, 6.07) is 3.61. The lowest BCUT2D eigenvalue weighted by Gasteiger charge is -2.36. The average molecular weight is 392 g/mol. The number of piperidine rings is 1. The SMILES string of the molecule is CCc1nc2sc([C@@H](c3ccc(F)c(F)c3)N3CCC(C)CC3)c(O)n2n1. The Morgan fingerprint density at radius 2 is 2.00 bits per heavy atom. The lowest BCUT2D eigenvalue weighted by molar-refractivity contribution is 0.157. The molecule has 0 spiro atoms. The zero-order valence-electron chi connectivity index (χ0n) is 15.3. The van der Waals surface area contributed by atoms with E-state index in [4.69, 9.17) is 0 Å².